The van der Waals surface area contributed by atoms with Gasteiger partial charge in [0.15, 0.2) is 0 Å². The van der Waals surface area contributed by atoms with E-state index in [1.807, 2.05) is 0 Å². The van der Waals surface area contributed by atoms with E-state index in [-0.39, 0.29) is 50.5 Å². The Morgan fingerprint density at radius 3 is 0.962 bits per heavy atom. The molecule has 53 heavy (non-hydrogen) atoms. The Kier molecular flexibility index (Phi) is 41.0. The van der Waals surface area contributed by atoms with E-state index in [4.69, 9.17) is 18.9 Å². The summed E-state index contributed by atoms with van der Waals surface area (Å²) < 4.78 is 22.8. The molecule has 7 heteroatoms. The lowest BCUT2D eigenvalue weighted by atomic mass is 9.95. The Labute approximate surface area is 329 Å². The Balaban J connectivity index is 4.30. The molecule has 7 nitrogen and oxygen atoms in total. The van der Waals surface area contributed by atoms with Crippen molar-refractivity contribution in [1.29, 1.82) is 0 Å². The topological polar surface area (TPSA) is 91.3 Å². The number of carbonyl (C=O) groups is 2. The minimum Gasteiger partial charge on any atom is -0.465 e. The number of hydrogen-bond donors (Lipinski definition) is 1. The molecule has 0 aliphatic rings. The van der Waals surface area contributed by atoms with Crippen LogP contribution in [0, 0.1) is 17.8 Å². The standard InChI is InChI=1S/C46H90O7/c1-5-9-13-17-21-25-29-42(30-26-22-18-14-10-6-2)40-52-45(48)33-35-50-38-44(37-47)39-51-36-34-46(49)53-41-43(31-27-23-19-15-11-7-3)32-28-24-20-16-12-8-4/h42-44,47H,5-41H2,1-4H3. The molecule has 0 saturated heterocycles. The van der Waals surface area contributed by atoms with Gasteiger partial charge in [-0.2, -0.15) is 0 Å². The van der Waals surface area contributed by atoms with Gasteiger partial charge in [-0.3, -0.25) is 9.59 Å². The van der Waals surface area contributed by atoms with Gasteiger partial charge in [-0.25, -0.2) is 0 Å². The van der Waals surface area contributed by atoms with Crippen molar-refractivity contribution in [3.05, 3.63) is 0 Å². The smallest absolute Gasteiger partial charge is 0.308 e. The van der Waals surface area contributed by atoms with Crippen LogP contribution in [-0.4, -0.2) is 63.3 Å². The highest BCUT2D eigenvalue weighted by molar-refractivity contribution is 5.69. The van der Waals surface area contributed by atoms with Crippen LogP contribution < -0.4 is 0 Å². The molecule has 0 heterocycles. The van der Waals surface area contributed by atoms with E-state index in [1.54, 1.807) is 0 Å². The van der Waals surface area contributed by atoms with Gasteiger partial charge >= 0.3 is 11.9 Å². The number of hydrogen-bond acceptors (Lipinski definition) is 7. The third-order valence-corrected chi connectivity index (χ3v) is 10.7. The maximum absolute atomic E-state index is 12.5. The van der Waals surface area contributed by atoms with Crippen molar-refractivity contribution in [3.8, 4) is 0 Å². The summed E-state index contributed by atoms with van der Waals surface area (Å²) in [6.07, 6.45) is 35.8. The summed E-state index contributed by atoms with van der Waals surface area (Å²) >= 11 is 0. The molecule has 0 aliphatic carbocycles. The zero-order valence-electron chi connectivity index (χ0n) is 35.8. The number of aliphatic hydroxyl groups excluding tert-OH is 1. The fourth-order valence-corrected chi connectivity index (χ4v) is 7.01. The molecule has 0 amide bonds. The Hall–Kier alpha value is -1.18. The molecule has 0 aromatic carbocycles. The van der Waals surface area contributed by atoms with Crippen LogP contribution in [0.3, 0.4) is 0 Å². The van der Waals surface area contributed by atoms with Crippen LogP contribution in [0.1, 0.15) is 220 Å². The highest BCUT2D eigenvalue weighted by Crippen LogP contribution is 2.21. The molecule has 0 fully saturated rings. The first-order valence-corrected chi connectivity index (χ1v) is 23.1. The zero-order chi connectivity index (χ0) is 38.9. The summed E-state index contributed by atoms with van der Waals surface area (Å²) in [7, 11) is 0. The molecule has 0 rings (SSSR count). The molecule has 0 atom stereocenters. The first-order valence-electron chi connectivity index (χ1n) is 23.1. The third kappa shape index (κ3) is 37.5. The van der Waals surface area contributed by atoms with Gasteiger partial charge in [0.2, 0.25) is 0 Å². The second-order valence-corrected chi connectivity index (χ2v) is 16.0. The van der Waals surface area contributed by atoms with Gasteiger partial charge in [-0.15, -0.1) is 0 Å². The average molecular weight is 755 g/mol. The van der Waals surface area contributed by atoms with Crippen molar-refractivity contribution < 1.29 is 33.6 Å². The monoisotopic (exact) mass is 755 g/mol. The molecule has 0 radical (unpaired) electrons. The Morgan fingerprint density at radius 2 is 0.679 bits per heavy atom. The van der Waals surface area contributed by atoms with E-state index in [0.29, 0.717) is 38.3 Å². The van der Waals surface area contributed by atoms with Gasteiger partial charge in [0.05, 0.1) is 59.1 Å². The number of ether oxygens (including phenoxy) is 4. The van der Waals surface area contributed by atoms with Crippen LogP contribution in [0.25, 0.3) is 0 Å². The highest BCUT2D eigenvalue weighted by atomic mass is 16.5. The zero-order valence-corrected chi connectivity index (χ0v) is 35.8. The molecule has 0 bridgehead atoms. The predicted octanol–water partition coefficient (Wildman–Crippen LogP) is 12.7. The molecule has 0 aromatic rings. The van der Waals surface area contributed by atoms with E-state index in [2.05, 4.69) is 27.7 Å². The molecule has 0 aromatic heterocycles. The number of rotatable bonds is 43. The number of esters is 2. The van der Waals surface area contributed by atoms with Crippen LogP contribution in [0.15, 0.2) is 0 Å². The lowest BCUT2D eigenvalue weighted by Crippen LogP contribution is -2.22. The molecule has 0 unspecified atom stereocenters. The quantitative estimate of drug-likeness (QED) is 0.0489. The van der Waals surface area contributed by atoms with Crippen molar-refractivity contribution in [3.63, 3.8) is 0 Å². The van der Waals surface area contributed by atoms with Crippen molar-refractivity contribution in [2.24, 2.45) is 17.8 Å². The summed E-state index contributed by atoms with van der Waals surface area (Å²) in [5.41, 5.74) is 0. The van der Waals surface area contributed by atoms with Crippen LogP contribution in [0.2, 0.25) is 0 Å². The molecule has 1 N–H and O–H groups in total. The van der Waals surface area contributed by atoms with E-state index in [9.17, 15) is 14.7 Å². The first kappa shape index (κ1) is 51.8. The second-order valence-electron chi connectivity index (χ2n) is 16.0. The van der Waals surface area contributed by atoms with E-state index in [0.717, 1.165) is 25.7 Å². The summed E-state index contributed by atoms with van der Waals surface area (Å²) in [5, 5.41) is 9.82. The van der Waals surface area contributed by atoms with Crippen LogP contribution in [-0.2, 0) is 28.5 Å². The maximum Gasteiger partial charge on any atom is 0.308 e. The molecular formula is C46H90O7. The molecule has 316 valence electrons. The summed E-state index contributed by atoms with van der Waals surface area (Å²) in [6, 6.07) is 0. The summed E-state index contributed by atoms with van der Waals surface area (Å²) in [5.74, 6) is 0.263. The normalized spacial score (nSPS) is 11.7. The van der Waals surface area contributed by atoms with Gasteiger partial charge in [0.25, 0.3) is 0 Å². The minimum atomic E-state index is -0.211. The fraction of sp³-hybridized carbons (Fsp3) is 0.957. The third-order valence-electron chi connectivity index (χ3n) is 10.7. The van der Waals surface area contributed by atoms with E-state index >= 15 is 0 Å². The molecular weight excluding hydrogens is 664 g/mol. The van der Waals surface area contributed by atoms with Crippen molar-refractivity contribution in [2.75, 3.05) is 46.2 Å². The minimum absolute atomic E-state index is 0.0774. The van der Waals surface area contributed by atoms with Crippen LogP contribution in [0.4, 0.5) is 0 Å². The van der Waals surface area contributed by atoms with Crippen molar-refractivity contribution in [1.82, 2.24) is 0 Å². The van der Waals surface area contributed by atoms with Gasteiger partial charge in [-0.1, -0.05) is 182 Å². The number of aliphatic hydroxyl groups is 1. The Bertz CT molecular complexity index is 668. The van der Waals surface area contributed by atoms with Gasteiger partial charge in [-0.05, 0) is 37.5 Å². The average Bonchev–Trinajstić information content (AvgIpc) is 3.16. The summed E-state index contributed by atoms with van der Waals surface area (Å²) in [6.45, 7) is 11.1. The lowest BCUT2D eigenvalue weighted by molar-refractivity contribution is -0.147. The lowest BCUT2D eigenvalue weighted by Gasteiger charge is -2.18. The number of carbonyl (C=O) groups excluding carboxylic acids is 2. The predicted molar refractivity (Wildman–Crippen MR) is 222 cm³/mol. The van der Waals surface area contributed by atoms with Crippen LogP contribution in [0.5, 0.6) is 0 Å². The van der Waals surface area contributed by atoms with Crippen molar-refractivity contribution >= 4 is 11.9 Å². The molecule has 0 spiro atoms. The van der Waals surface area contributed by atoms with E-state index < -0.39 is 0 Å². The van der Waals surface area contributed by atoms with E-state index in [1.165, 1.54) is 154 Å². The van der Waals surface area contributed by atoms with Crippen LogP contribution >= 0.6 is 0 Å². The van der Waals surface area contributed by atoms with Crippen molar-refractivity contribution in [2.45, 2.75) is 220 Å². The van der Waals surface area contributed by atoms with Gasteiger partial charge < -0.3 is 24.1 Å². The fourth-order valence-electron chi connectivity index (χ4n) is 7.01. The largest absolute Gasteiger partial charge is 0.465 e. The van der Waals surface area contributed by atoms with Gasteiger partial charge in [0.1, 0.15) is 0 Å². The molecule has 0 aliphatic heterocycles. The highest BCUT2D eigenvalue weighted by Gasteiger charge is 2.15. The Morgan fingerprint density at radius 1 is 0.396 bits per heavy atom. The maximum atomic E-state index is 12.5. The SMILES string of the molecule is CCCCCCCCC(CCCCCCCC)COC(=O)CCOCC(CO)COCCC(=O)OCC(CCCCCCCC)CCCCCCCC. The first-order chi connectivity index (χ1) is 26.0. The van der Waals surface area contributed by atoms with Gasteiger partial charge in [0, 0.05) is 5.92 Å². The summed E-state index contributed by atoms with van der Waals surface area (Å²) in [4.78, 5) is 25.0. The second kappa shape index (κ2) is 42.0. The number of unbranched alkanes of at least 4 members (excludes halogenated alkanes) is 20. The molecule has 0 saturated carbocycles.